The average Bonchev–Trinajstić information content (AvgIpc) is 2.63. The van der Waals surface area contributed by atoms with Crippen LogP contribution < -0.4 is 0 Å². The summed E-state index contributed by atoms with van der Waals surface area (Å²) < 4.78 is 1.80. The maximum atomic E-state index is 11.5. The van der Waals surface area contributed by atoms with E-state index >= 15 is 0 Å². The van der Waals surface area contributed by atoms with Crippen molar-refractivity contribution in [2.75, 3.05) is 0 Å². The molecule has 1 aromatic heterocycles. The van der Waals surface area contributed by atoms with Gasteiger partial charge in [-0.05, 0) is 26.0 Å². The van der Waals surface area contributed by atoms with E-state index < -0.39 is 0 Å². The number of ketones is 1. The molecule has 0 saturated heterocycles. The quantitative estimate of drug-likeness (QED) is 0.749. The van der Waals surface area contributed by atoms with Crippen LogP contribution in [0.4, 0.5) is 0 Å². The van der Waals surface area contributed by atoms with E-state index in [2.05, 4.69) is 4.98 Å². The van der Waals surface area contributed by atoms with Crippen LogP contribution in [0.25, 0.3) is 5.69 Å². The fourth-order valence-corrected chi connectivity index (χ4v) is 1.93. The number of aromatic nitrogens is 2. The van der Waals surface area contributed by atoms with Crippen molar-refractivity contribution >= 4 is 17.4 Å². The molecule has 4 heteroatoms. The molecule has 0 N–H and O–H groups in total. The number of carbonyl (C=O) groups is 1. The standard InChI is InChI=1S/C12H11ClN2O/c1-8-6-15(7-14-8)11-5-3-4-10(13)12(11)9(2)16/h3-7H,1-2H3. The lowest BCUT2D eigenvalue weighted by Gasteiger charge is -2.08. The summed E-state index contributed by atoms with van der Waals surface area (Å²) in [5.74, 6) is -0.0491. The summed E-state index contributed by atoms with van der Waals surface area (Å²) >= 11 is 6.03. The predicted molar refractivity (Wildman–Crippen MR) is 63.3 cm³/mol. The summed E-state index contributed by atoms with van der Waals surface area (Å²) in [5, 5.41) is 0.469. The Balaban J connectivity index is 2.65. The minimum atomic E-state index is -0.0491. The minimum absolute atomic E-state index is 0.0491. The first-order valence-corrected chi connectivity index (χ1v) is 5.28. The highest BCUT2D eigenvalue weighted by Gasteiger charge is 2.12. The van der Waals surface area contributed by atoms with Crippen molar-refractivity contribution in [3.05, 3.63) is 47.0 Å². The van der Waals surface area contributed by atoms with Crippen LogP contribution in [0.5, 0.6) is 0 Å². The molecule has 0 atom stereocenters. The Morgan fingerprint density at radius 1 is 1.44 bits per heavy atom. The molecule has 2 aromatic rings. The number of imidazole rings is 1. The minimum Gasteiger partial charge on any atom is -0.305 e. The zero-order valence-electron chi connectivity index (χ0n) is 9.07. The van der Waals surface area contributed by atoms with Crippen LogP contribution in [0.15, 0.2) is 30.7 Å². The molecule has 3 nitrogen and oxygen atoms in total. The van der Waals surface area contributed by atoms with Gasteiger partial charge >= 0.3 is 0 Å². The van der Waals surface area contributed by atoms with E-state index in [-0.39, 0.29) is 5.78 Å². The third-order valence-corrected chi connectivity index (χ3v) is 2.65. The predicted octanol–water partition coefficient (Wildman–Crippen LogP) is 3.04. The fourth-order valence-electron chi connectivity index (χ4n) is 1.63. The molecule has 0 unspecified atom stereocenters. The second kappa shape index (κ2) is 4.10. The van der Waals surface area contributed by atoms with Gasteiger partial charge in [-0.15, -0.1) is 0 Å². The first-order valence-electron chi connectivity index (χ1n) is 4.90. The lowest BCUT2D eigenvalue weighted by Crippen LogP contribution is -2.02. The van der Waals surface area contributed by atoms with Crippen LogP contribution in [0, 0.1) is 6.92 Å². The molecule has 0 fully saturated rings. The highest BCUT2D eigenvalue weighted by Crippen LogP contribution is 2.23. The Labute approximate surface area is 98.7 Å². The fraction of sp³-hybridized carbons (Fsp3) is 0.167. The second-order valence-electron chi connectivity index (χ2n) is 3.61. The number of nitrogens with zero attached hydrogens (tertiary/aromatic N) is 2. The van der Waals surface area contributed by atoms with Gasteiger partial charge in [-0.25, -0.2) is 4.98 Å². The zero-order chi connectivity index (χ0) is 11.7. The maximum Gasteiger partial charge on any atom is 0.163 e. The number of rotatable bonds is 2. The number of hydrogen-bond donors (Lipinski definition) is 0. The summed E-state index contributed by atoms with van der Waals surface area (Å²) in [4.78, 5) is 15.7. The summed E-state index contributed by atoms with van der Waals surface area (Å²) in [6.07, 6.45) is 3.53. The Morgan fingerprint density at radius 2 is 2.19 bits per heavy atom. The van der Waals surface area contributed by atoms with E-state index in [1.54, 1.807) is 17.0 Å². The second-order valence-corrected chi connectivity index (χ2v) is 4.02. The molecular weight excluding hydrogens is 224 g/mol. The van der Waals surface area contributed by atoms with Gasteiger partial charge in [-0.2, -0.15) is 0 Å². The molecule has 1 aromatic carbocycles. The van der Waals surface area contributed by atoms with Crippen molar-refractivity contribution < 1.29 is 4.79 Å². The molecule has 0 radical (unpaired) electrons. The van der Waals surface area contributed by atoms with E-state index in [1.807, 2.05) is 25.3 Å². The molecular formula is C12H11ClN2O. The zero-order valence-corrected chi connectivity index (χ0v) is 9.82. The van der Waals surface area contributed by atoms with Gasteiger partial charge in [-0.3, -0.25) is 4.79 Å². The van der Waals surface area contributed by atoms with Crippen LogP contribution in [0.1, 0.15) is 23.0 Å². The Bertz CT molecular complexity index is 546. The molecule has 0 amide bonds. The van der Waals surface area contributed by atoms with Gasteiger partial charge in [0.25, 0.3) is 0 Å². The Morgan fingerprint density at radius 3 is 2.75 bits per heavy atom. The number of hydrogen-bond acceptors (Lipinski definition) is 2. The highest BCUT2D eigenvalue weighted by molar-refractivity contribution is 6.34. The molecule has 0 spiro atoms. The monoisotopic (exact) mass is 234 g/mol. The van der Waals surface area contributed by atoms with Crippen LogP contribution in [0.3, 0.4) is 0 Å². The SMILES string of the molecule is CC(=O)c1c(Cl)cccc1-n1cnc(C)c1. The van der Waals surface area contributed by atoms with Gasteiger partial charge in [0.2, 0.25) is 0 Å². The maximum absolute atomic E-state index is 11.5. The van der Waals surface area contributed by atoms with Gasteiger partial charge < -0.3 is 4.57 Å². The molecule has 1 heterocycles. The summed E-state index contributed by atoms with van der Waals surface area (Å²) in [7, 11) is 0. The first-order chi connectivity index (χ1) is 7.59. The van der Waals surface area contributed by atoms with Gasteiger partial charge in [0, 0.05) is 6.20 Å². The van der Waals surface area contributed by atoms with E-state index in [4.69, 9.17) is 11.6 Å². The Kier molecular flexibility index (Phi) is 2.79. The molecule has 0 saturated carbocycles. The largest absolute Gasteiger partial charge is 0.305 e. The van der Waals surface area contributed by atoms with Crippen molar-refractivity contribution in [3.8, 4) is 5.69 Å². The summed E-state index contributed by atoms with van der Waals surface area (Å²) in [5.41, 5.74) is 2.19. The topological polar surface area (TPSA) is 34.9 Å². The van der Waals surface area contributed by atoms with Crippen LogP contribution >= 0.6 is 11.6 Å². The third kappa shape index (κ3) is 1.86. The van der Waals surface area contributed by atoms with Crippen molar-refractivity contribution in [3.63, 3.8) is 0 Å². The van der Waals surface area contributed by atoms with Crippen molar-refractivity contribution in [1.29, 1.82) is 0 Å². The number of aryl methyl sites for hydroxylation is 1. The molecule has 0 bridgehead atoms. The van der Waals surface area contributed by atoms with E-state index in [0.29, 0.717) is 10.6 Å². The molecule has 0 aliphatic heterocycles. The molecule has 82 valence electrons. The lowest BCUT2D eigenvalue weighted by molar-refractivity contribution is 0.101. The van der Waals surface area contributed by atoms with Crippen molar-refractivity contribution in [1.82, 2.24) is 9.55 Å². The van der Waals surface area contributed by atoms with Crippen LogP contribution in [-0.4, -0.2) is 15.3 Å². The normalized spacial score (nSPS) is 10.4. The van der Waals surface area contributed by atoms with Gasteiger partial charge in [-0.1, -0.05) is 17.7 Å². The van der Waals surface area contributed by atoms with Gasteiger partial charge in [0.05, 0.1) is 28.3 Å². The van der Waals surface area contributed by atoms with Gasteiger partial charge in [0.1, 0.15) is 0 Å². The first kappa shape index (κ1) is 10.9. The van der Waals surface area contributed by atoms with Crippen LogP contribution in [-0.2, 0) is 0 Å². The summed E-state index contributed by atoms with van der Waals surface area (Å²) in [6.45, 7) is 3.41. The lowest BCUT2D eigenvalue weighted by atomic mass is 10.1. The highest BCUT2D eigenvalue weighted by atomic mass is 35.5. The van der Waals surface area contributed by atoms with Crippen molar-refractivity contribution in [2.24, 2.45) is 0 Å². The molecule has 0 aliphatic carbocycles. The number of halogens is 1. The molecule has 0 aliphatic rings. The molecule has 2 rings (SSSR count). The van der Waals surface area contributed by atoms with Crippen molar-refractivity contribution in [2.45, 2.75) is 13.8 Å². The Hall–Kier alpha value is -1.61. The smallest absolute Gasteiger partial charge is 0.163 e. The van der Waals surface area contributed by atoms with E-state index in [9.17, 15) is 4.79 Å². The van der Waals surface area contributed by atoms with E-state index in [1.165, 1.54) is 6.92 Å². The third-order valence-electron chi connectivity index (χ3n) is 2.33. The van der Waals surface area contributed by atoms with E-state index in [0.717, 1.165) is 11.4 Å². The van der Waals surface area contributed by atoms with Crippen LogP contribution in [0.2, 0.25) is 5.02 Å². The van der Waals surface area contributed by atoms with Gasteiger partial charge in [0.15, 0.2) is 5.78 Å². The molecule has 16 heavy (non-hydrogen) atoms. The number of benzene rings is 1. The average molecular weight is 235 g/mol. The number of carbonyl (C=O) groups excluding carboxylic acids is 1. The summed E-state index contributed by atoms with van der Waals surface area (Å²) in [6, 6.07) is 5.38. The number of Topliss-reactive ketones (excluding diaryl/α,β-unsaturated/α-hetero) is 1.